The van der Waals surface area contributed by atoms with Crippen LogP contribution in [0.25, 0.3) is 0 Å². The van der Waals surface area contributed by atoms with E-state index in [1.54, 1.807) is 25.3 Å². The van der Waals surface area contributed by atoms with Crippen molar-refractivity contribution in [1.29, 1.82) is 0 Å². The highest BCUT2D eigenvalue weighted by Gasteiger charge is 2.22. The van der Waals surface area contributed by atoms with Gasteiger partial charge in [-0.2, -0.15) is 0 Å². The van der Waals surface area contributed by atoms with Gasteiger partial charge in [0, 0.05) is 17.8 Å². The maximum atomic E-state index is 12.5. The van der Waals surface area contributed by atoms with E-state index in [-0.39, 0.29) is 30.3 Å². The first-order valence-electron chi connectivity index (χ1n) is 7.99. The van der Waals surface area contributed by atoms with Gasteiger partial charge in [0.15, 0.2) is 11.5 Å². The lowest BCUT2D eigenvalue weighted by molar-refractivity contribution is -0.120. The van der Waals surface area contributed by atoms with Crippen LogP contribution in [0.3, 0.4) is 0 Å². The Morgan fingerprint density at radius 1 is 1.16 bits per heavy atom. The molecule has 25 heavy (non-hydrogen) atoms. The predicted octanol–water partition coefficient (Wildman–Crippen LogP) is 3.79. The third-order valence-electron chi connectivity index (χ3n) is 3.87. The van der Waals surface area contributed by atoms with Crippen molar-refractivity contribution in [1.82, 2.24) is 0 Å². The highest BCUT2D eigenvalue weighted by Crippen LogP contribution is 2.30. The molecule has 5 nitrogen and oxygen atoms in total. The molecule has 0 spiro atoms. The Labute approximate surface area is 154 Å². The molecule has 0 aliphatic heterocycles. The maximum Gasteiger partial charge on any atom is 0.229 e. The molecule has 0 bridgehead atoms. The largest absolute Gasteiger partial charge is 0.493 e. The van der Waals surface area contributed by atoms with E-state index in [2.05, 4.69) is 5.32 Å². The van der Waals surface area contributed by atoms with E-state index in [1.165, 1.54) is 0 Å². The van der Waals surface area contributed by atoms with E-state index in [0.717, 1.165) is 5.56 Å². The van der Waals surface area contributed by atoms with E-state index in [9.17, 15) is 4.79 Å². The van der Waals surface area contributed by atoms with Crippen molar-refractivity contribution >= 4 is 24.0 Å². The zero-order chi connectivity index (χ0) is 17.5. The van der Waals surface area contributed by atoms with Crippen LogP contribution in [0.15, 0.2) is 48.5 Å². The average Bonchev–Trinajstić information content (AvgIpc) is 2.61. The van der Waals surface area contributed by atoms with Crippen molar-refractivity contribution in [3.8, 4) is 11.5 Å². The van der Waals surface area contributed by atoms with Crippen molar-refractivity contribution in [2.75, 3.05) is 19.0 Å². The molecule has 2 atom stereocenters. The molecule has 2 unspecified atom stereocenters. The van der Waals surface area contributed by atoms with Crippen molar-refractivity contribution in [2.24, 2.45) is 11.7 Å². The summed E-state index contributed by atoms with van der Waals surface area (Å²) in [5, 5.41) is 2.89. The molecule has 0 heterocycles. The third-order valence-corrected chi connectivity index (χ3v) is 3.87. The molecule has 1 amide bonds. The summed E-state index contributed by atoms with van der Waals surface area (Å²) in [6, 6.07) is 14.5. The summed E-state index contributed by atoms with van der Waals surface area (Å²) in [5.41, 5.74) is 7.80. The second kappa shape index (κ2) is 9.91. The number of ether oxygens (including phenoxy) is 2. The normalized spacial score (nSPS) is 12.5. The van der Waals surface area contributed by atoms with Crippen molar-refractivity contribution < 1.29 is 14.3 Å². The predicted molar refractivity (Wildman–Crippen MR) is 103 cm³/mol. The third kappa shape index (κ3) is 5.37. The summed E-state index contributed by atoms with van der Waals surface area (Å²) in [6.07, 6.45) is 0. The summed E-state index contributed by atoms with van der Waals surface area (Å²) in [4.78, 5) is 12.5. The van der Waals surface area contributed by atoms with E-state index >= 15 is 0 Å². The van der Waals surface area contributed by atoms with Crippen LogP contribution >= 0.6 is 12.4 Å². The molecule has 0 aliphatic carbocycles. The quantitative estimate of drug-likeness (QED) is 0.783. The first-order valence-corrected chi connectivity index (χ1v) is 7.99. The lowest BCUT2D eigenvalue weighted by Gasteiger charge is -2.20. The zero-order valence-corrected chi connectivity index (χ0v) is 15.5. The Balaban J connectivity index is 0.00000312. The fourth-order valence-electron chi connectivity index (χ4n) is 2.41. The van der Waals surface area contributed by atoms with Crippen LogP contribution in [0.4, 0.5) is 5.69 Å². The lowest BCUT2D eigenvalue weighted by atomic mass is 9.94. The molecule has 0 aromatic heterocycles. The summed E-state index contributed by atoms with van der Waals surface area (Å²) in [6.45, 7) is 4.23. The molecule has 0 aliphatic rings. The number of halogens is 1. The SMILES string of the molecule is CCOc1cc(NC(=O)C(C)C(N)c2ccccc2)ccc1OC.Cl. The number of carbonyl (C=O) groups excluding carboxylic acids is 1. The standard InChI is InChI=1S/C19H24N2O3.ClH/c1-4-24-17-12-15(10-11-16(17)23-3)21-19(22)13(2)18(20)14-8-6-5-7-9-14;/h5-13,18H,4,20H2,1-3H3,(H,21,22);1H. The van der Waals surface area contributed by atoms with Crippen LogP contribution in [-0.4, -0.2) is 19.6 Å². The van der Waals surface area contributed by atoms with E-state index < -0.39 is 0 Å². The number of rotatable bonds is 7. The Hall–Kier alpha value is -2.24. The minimum Gasteiger partial charge on any atom is -0.493 e. The highest BCUT2D eigenvalue weighted by atomic mass is 35.5. The maximum absolute atomic E-state index is 12.5. The smallest absolute Gasteiger partial charge is 0.229 e. The summed E-state index contributed by atoms with van der Waals surface area (Å²) in [7, 11) is 1.58. The van der Waals surface area contributed by atoms with Gasteiger partial charge in [-0.15, -0.1) is 12.4 Å². The number of benzene rings is 2. The number of amides is 1. The second-order valence-electron chi connectivity index (χ2n) is 5.51. The van der Waals surface area contributed by atoms with Crippen molar-refractivity contribution in [2.45, 2.75) is 19.9 Å². The van der Waals surface area contributed by atoms with E-state index in [4.69, 9.17) is 15.2 Å². The average molecular weight is 365 g/mol. The molecule has 0 saturated heterocycles. The van der Waals surface area contributed by atoms with Gasteiger partial charge in [0.1, 0.15) is 0 Å². The summed E-state index contributed by atoms with van der Waals surface area (Å²) >= 11 is 0. The van der Waals surface area contributed by atoms with Gasteiger partial charge in [0.25, 0.3) is 0 Å². The van der Waals surface area contributed by atoms with Crippen molar-refractivity contribution in [3.05, 3.63) is 54.1 Å². The molecular weight excluding hydrogens is 340 g/mol. The highest BCUT2D eigenvalue weighted by molar-refractivity contribution is 5.93. The van der Waals surface area contributed by atoms with Gasteiger partial charge >= 0.3 is 0 Å². The van der Waals surface area contributed by atoms with Crippen LogP contribution < -0.4 is 20.5 Å². The van der Waals surface area contributed by atoms with E-state index in [1.807, 2.05) is 44.2 Å². The number of carbonyl (C=O) groups is 1. The first-order chi connectivity index (χ1) is 11.6. The number of hydrogen-bond acceptors (Lipinski definition) is 4. The fourth-order valence-corrected chi connectivity index (χ4v) is 2.41. The van der Waals surface area contributed by atoms with Crippen LogP contribution in [0.5, 0.6) is 11.5 Å². The van der Waals surface area contributed by atoms with Gasteiger partial charge in [-0.1, -0.05) is 37.3 Å². The van der Waals surface area contributed by atoms with Crippen molar-refractivity contribution in [3.63, 3.8) is 0 Å². The van der Waals surface area contributed by atoms with Crippen LogP contribution in [-0.2, 0) is 4.79 Å². The Bertz CT molecular complexity index is 680. The molecule has 2 rings (SSSR count). The van der Waals surface area contributed by atoms with E-state index in [0.29, 0.717) is 23.8 Å². The molecule has 0 fully saturated rings. The molecule has 2 aromatic rings. The molecule has 6 heteroatoms. The number of nitrogens with two attached hydrogens (primary N) is 1. The van der Waals surface area contributed by atoms with Gasteiger partial charge < -0.3 is 20.5 Å². The number of hydrogen-bond donors (Lipinski definition) is 2. The molecule has 0 radical (unpaired) electrons. The van der Waals surface area contributed by atoms with Crippen LogP contribution in [0.1, 0.15) is 25.5 Å². The Morgan fingerprint density at radius 2 is 1.84 bits per heavy atom. The van der Waals surface area contributed by atoms with Gasteiger partial charge in [0.2, 0.25) is 5.91 Å². The Morgan fingerprint density at radius 3 is 2.44 bits per heavy atom. The number of anilines is 1. The van der Waals surface area contributed by atoms with Gasteiger partial charge in [-0.3, -0.25) is 4.79 Å². The number of methoxy groups -OCH3 is 1. The van der Waals surface area contributed by atoms with Crippen LogP contribution in [0, 0.1) is 5.92 Å². The molecule has 136 valence electrons. The molecule has 0 saturated carbocycles. The topological polar surface area (TPSA) is 73.6 Å². The van der Waals surface area contributed by atoms with Gasteiger partial charge in [-0.25, -0.2) is 0 Å². The minimum atomic E-state index is -0.370. The van der Waals surface area contributed by atoms with Gasteiger partial charge in [-0.05, 0) is 24.6 Å². The molecule has 2 aromatic carbocycles. The Kier molecular flexibility index (Phi) is 8.25. The minimum absolute atomic E-state index is 0. The first kappa shape index (κ1) is 20.8. The molecule has 3 N–H and O–H groups in total. The van der Waals surface area contributed by atoms with Crippen LogP contribution in [0.2, 0.25) is 0 Å². The molecular formula is C19H25ClN2O3. The van der Waals surface area contributed by atoms with Gasteiger partial charge in [0.05, 0.1) is 19.6 Å². The monoisotopic (exact) mass is 364 g/mol. The lowest BCUT2D eigenvalue weighted by Crippen LogP contribution is -2.30. The zero-order valence-electron chi connectivity index (χ0n) is 14.7. The number of nitrogens with one attached hydrogen (secondary N) is 1. The summed E-state index contributed by atoms with van der Waals surface area (Å²) < 4.78 is 10.8. The fraction of sp³-hybridized carbons (Fsp3) is 0.316. The summed E-state index contributed by atoms with van der Waals surface area (Å²) in [5.74, 6) is 0.714. The second-order valence-corrected chi connectivity index (χ2v) is 5.51.